The summed E-state index contributed by atoms with van der Waals surface area (Å²) in [6.45, 7) is 10.8. The van der Waals surface area contributed by atoms with E-state index in [1.54, 1.807) is 0 Å². The van der Waals surface area contributed by atoms with Gasteiger partial charge in [-0.3, -0.25) is 4.90 Å². The van der Waals surface area contributed by atoms with Crippen molar-refractivity contribution in [2.75, 3.05) is 31.1 Å². The van der Waals surface area contributed by atoms with E-state index in [0.29, 0.717) is 5.54 Å². The summed E-state index contributed by atoms with van der Waals surface area (Å²) < 4.78 is 0. The molecule has 0 radical (unpaired) electrons. The molecular weight excluding hydrogens is 240 g/mol. The highest BCUT2D eigenvalue weighted by atomic mass is 32.2. The van der Waals surface area contributed by atoms with Crippen molar-refractivity contribution in [3.63, 3.8) is 0 Å². The SMILES string of the molecule is CCSCCCN1CC(CC)NCC1(C)C1CC1. The number of nitrogens with one attached hydrogen (secondary N) is 1. The average Bonchev–Trinajstić information content (AvgIpc) is 3.21. The minimum absolute atomic E-state index is 0.447. The van der Waals surface area contributed by atoms with Crippen molar-refractivity contribution in [1.29, 1.82) is 0 Å². The fraction of sp³-hybridized carbons (Fsp3) is 1.00. The molecule has 2 aliphatic rings. The lowest BCUT2D eigenvalue weighted by molar-refractivity contribution is 0.0346. The average molecular weight is 270 g/mol. The number of rotatable bonds is 7. The highest BCUT2D eigenvalue weighted by molar-refractivity contribution is 7.99. The molecule has 0 amide bonds. The maximum atomic E-state index is 3.77. The fourth-order valence-corrected chi connectivity index (χ4v) is 3.85. The van der Waals surface area contributed by atoms with Gasteiger partial charge in [0, 0.05) is 24.7 Å². The number of thioether (sulfide) groups is 1. The van der Waals surface area contributed by atoms with Crippen LogP contribution in [-0.2, 0) is 0 Å². The second-order valence-electron chi connectivity index (χ2n) is 6.11. The van der Waals surface area contributed by atoms with E-state index in [1.807, 2.05) is 0 Å². The van der Waals surface area contributed by atoms with Crippen LogP contribution in [0.25, 0.3) is 0 Å². The zero-order valence-electron chi connectivity index (χ0n) is 12.4. The van der Waals surface area contributed by atoms with Gasteiger partial charge in [-0.15, -0.1) is 0 Å². The maximum absolute atomic E-state index is 3.77. The third-order valence-electron chi connectivity index (χ3n) is 4.78. The molecule has 0 aromatic rings. The molecule has 2 atom stereocenters. The predicted molar refractivity (Wildman–Crippen MR) is 82.4 cm³/mol. The summed E-state index contributed by atoms with van der Waals surface area (Å²) in [4.78, 5) is 2.81. The van der Waals surface area contributed by atoms with Gasteiger partial charge in [-0.1, -0.05) is 13.8 Å². The van der Waals surface area contributed by atoms with Crippen molar-refractivity contribution in [2.45, 2.75) is 58.0 Å². The minimum atomic E-state index is 0.447. The molecule has 2 nitrogen and oxygen atoms in total. The molecule has 0 spiro atoms. The summed E-state index contributed by atoms with van der Waals surface area (Å²) in [6, 6.07) is 0.718. The van der Waals surface area contributed by atoms with Crippen molar-refractivity contribution in [2.24, 2.45) is 5.92 Å². The Bertz CT molecular complexity index is 255. The maximum Gasteiger partial charge on any atom is 0.0334 e. The van der Waals surface area contributed by atoms with Crippen LogP contribution in [0.2, 0.25) is 0 Å². The Hall–Kier alpha value is 0.270. The van der Waals surface area contributed by atoms with Crippen molar-refractivity contribution >= 4 is 11.8 Å². The van der Waals surface area contributed by atoms with Crippen LogP contribution in [0, 0.1) is 5.92 Å². The van der Waals surface area contributed by atoms with Crippen LogP contribution < -0.4 is 5.32 Å². The lowest BCUT2D eigenvalue weighted by Gasteiger charge is -2.49. The smallest absolute Gasteiger partial charge is 0.0334 e. The van der Waals surface area contributed by atoms with Crippen molar-refractivity contribution in [1.82, 2.24) is 10.2 Å². The summed E-state index contributed by atoms with van der Waals surface area (Å²) >= 11 is 2.09. The molecule has 1 N–H and O–H groups in total. The standard InChI is InChI=1S/C15H30N2S/c1-4-14-11-17(9-6-10-18-5-2)15(3,12-16-14)13-7-8-13/h13-14,16H,4-12H2,1-3H3. The second-order valence-corrected chi connectivity index (χ2v) is 7.51. The predicted octanol–water partition coefficient (Wildman–Crippen LogP) is 2.98. The molecule has 2 fully saturated rings. The first kappa shape index (κ1) is 14.7. The summed E-state index contributed by atoms with van der Waals surface area (Å²) in [5.41, 5.74) is 0.447. The molecule has 1 aliphatic heterocycles. The fourth-order valence-electron chi connectivity index (χ4n) is 3.23. The quantitative estimate of drug-likeness (QED) is 0.716. The topological polar surface area (TPSA) is 15.3 Å². The Morgan fingerprint density at radius 1 is 1.33 bits per heavy atom. The van der Waals surface area contributed by atoms with E-state index in [-0.39, 0.29) is 0 Å². The Morgan fingerprint density at radius 3 is 2.72 bits per heavy atom. The molecule has 1 saturated heterocycles. The van der Waals surface area contributed by atoms with E-state index >= 15 is 0 Å². The van der Waals surface area contributed by atoms with Crippen LogP contribution in [0.15, 0.2) is 0 Å². The number of hydrogen-bond acceptors (Lipinski definition) is 3. The first-order valence-electron chi connectivity index (χ1n) is 7.77. The Kier molecular flexibility index (Phi) is 5.40. The summed E-state index contributed by atoms with van der Waals surface area (Å²) in [5.74, 6) is 3.55. The second kappa shape index (κ2) is 6.62. The van der Waals surface area contributed by atoms with Gasteiger partial charge in [0.15, 0.2) is 0 Å². The molecule has 106 valence electrons. The van der Waals surface area contributed by atoms with Crippen LogP contribution in [0.3, 0.4) is 0 Å². The highest BCUT2D eigenvalue weighted by Crippen LogP contribution is 2.44. The van der Waals surface area contributed by atoms with Gasteiger partial charge in [-0.2, -0.15) is 11.8 Å². The van der Waals surface area contributed by atoms with Crippen LogP contribution in [-0.4, -0.2) is 47.6 Å². The molecule has 0 bridgehead atoms. The minimum Gasteiger partial charge on any atom is -0.311 e. The molecule has 1 saturated carbocycles. The summed E-state index contributed by atoms with van der Waals surface area (Å²) in [5, 5.41) is 3.77. The lowest BCUT2D eigenvalue weighted by Crippen LogP contribution is -2.64. The first-order valence-corrected chi connectivity index (χ1v) is 8.92. The molecule has 2 rings (SSSR count). The van der Waals surface area contributed by atoms with E-state index < -0.39 is 0 Å². The third-order valence-corrected chi connectivity index (χ3v) is 5.77. The normalized spacial score (nSPS) is 33.8. The first-order chi connectivity index (χ1) is 8.70. The van der Waals surface area contributed by atoms with E-state index in [2.05, 4.69) is 42.7 Å². The van der Waals surface area contributed by atoms with Crippen molar-refractivity contribution in [3.8, 4) is 0 Å². The Morgan fingerprint density at radius 2 is 2.11 bits per heavy atom. The van der Waals surface area contributed by atoms with Gasteiger partial charge in [0.25, 0.3) is 0 Å². The van der Waals surface area contributed by atoms with Crippen molar-refractivity contribution in [3.05, 3.63) is 0 Å². The molecule has 18 heavy (non-hydrogen) atoms. The largest absolute Gasteiger partial charge is 0.311 e. The molecule has 2 unspecified atom stereocenters. The summed E-state index contributed by atoms with van der Waals surface area (Å²) in [7, 11) is 0. The van der Waals surface area contributed by atoms with Crippen molar-refractivity contribution < 1.29 is 0 Å². The van der Waals surface area contributed by atoms with Gasteiger partial charge in [-0.05, 0) is 56.6 Å². The van der Waals surface area contributed by atoms with Crippen LogP contribution in [0.5, 0.6) is 0 Å². The molecule has 3 heteroatoms. The Labute approximate surface area is 117 Å². The number of piperazine rings is 1. The van der Waals surface area contributed by atoms with Gasteiger partial charge in [0.1, 0.15) is 0 Å². The molecular formula is C15H30N2S. The Balaban J connectivity index is 1.87. The number of nitrogens with zero attached hydrogens (tertiary/aromatic N) is 1. The molecule has 0 aromatic heterocycles. The highest BCUT2D eigenvalue weighted by Gasteiger charge is 2.47. The van der Waals surface area contributed by atoms with Crippen LogP contribution in [0.1, 0.15) is 46.5 Å². The lowest BCUT2D eigenvalue weighted by atomic mass is 9.89. The zero-order valence-corrected chi connectivity index (χ0v) is 13.2. The van der Waals surface area contributed by atoms with Gasteiger partial charge < -0.3 is 5.32 Å². The van der Waals surface area contributed by atoms with E-state index in [0.717, 1.165) is 12.0 Å². The van der Waals surface area contributed by atoms with E-state index in [1.165, 1.54) is 56.8 Å². The molecule has 0 aromatic carbocycles. The van der Waals surface area contributed by atoms with Gasteiger partial charge in [0.2, 0.25) is 0 Å². The monoisotopic (exact) mass is 270 g/mol. The summed E-state index contributed by atoms with van der Waals surface area (Å²) in [6.07, 6.45) is 5.53. The third kappa shape index (κ3) is 3.43. The van der Waals surface area contributed by atoms with Gasteiger partial charge in [-0.25, -0.2) is 0 Å². The van der Waals surface area contributed by atoms with Crippen LogP contribution >= 0.6 is 11.8 Å². The van der Waals surface area contributed by atoms with Crippen LogP contribution in [0.4, 0.5) is 0 Å². The van der Waals surface area contributed by atoms with Gasteiger partial charge >= 0.3 is 0 Å². The number of hydrogen-bond donors (Lipinski definition) is 1. The molecule has 1 aliphatic carbocycles. The molecule has 1 heterocycles. The van der Waals surface area contributed by atoms with E-state index in [9.17, 15) is 0 Å². The van der Waals surface area contributed by atoms with Gasteiger partial charge in [0.05, 0.1) is 0 Å². The van der Waals surface area contributed by atoms with E-state index in [4.69, 9.17) is 0 Å². The zero-order chi connectivity index (χ0) is 13.0.